The molecule has 0 amide bonds. The number of aryl methyl sites for hydroxylation is 1. The van der Waals surface area contributed by atoms with E-state index in [1.807, 2.05) is 18.2 Å². The van der Waals surface area contributed by atoms with Crippen LogP contribution in [0.3, 0.4) is 0 Å². The number of nitrogens with zero attached hydrogens (tertiary/aromatic N) is 1. The average Bonchev–Trinajstić information content (AvgIpc) is 2.47. The third kappa shape index (κ3) is 5.02. The average molecular weight is 304 g/mol. The lowest BCUT2D eigenvalue weighted by atomic mass is 10.1. The van der Waals surface area contributed by atoms with Gasteiger partial charge in [0.05, 0.1) is 10.6 Å². The molecule has 0 spiro atoms. The van der Waals surface area contributed by atoms with Crippen LogP contribution in [0.4, 0.5) is 5.69 Å². The second-order valence-electron chi connectivity index (χ2n) is 4.45. The fourth-order valence-electron chi connectivity index (χ4n) is 1.76. The van der Waals surface area contributed by atoms with Gasteiger partial charge in [-0.25, -0.2) is 0 Å². The summed E-state index contributed by atoms with van der Waals surface area (Å²) in [7, 11) is -4.15. The minimum Gasteiger partial charge on any atom is -0.282 e. The van der Waals surface area contributed by atoms with Gasteiger partial charge in [-0.3, -0.25) is 9.98 Å². The molecule has 2 rings (SSSR count). The highest BCUT2D eigenvalue weighted by molar-refractivity contribution is 7.85. The summed E-state index contributed by atoms with van der Waals surface area (Å²) in [6, 6.07) is 15.8. The number of hydrogen-bond acceptors (Lipinski definition) is 4. The van der Waals surface area contributed by atoms with Gasteiger partial charge in [0.15, 0.2) is 0 Å². The summed E-state index contributed by atoms with van der Waals surface area (Å²) in [5, 5.41) is 4.06. The highest BCUT2D eigenvalue weighted by Gasteiger charge is 2.07. The van der Waals surface area contributed by atoms with Crippen LogP contribution in [-0.2, 0) is 16.5 Å². The Bertz CT molecular complexity index is 695. The molecule has 0 unspecified atom stereocenters. The summed E-state index contributed by atoms with van der Waals surface area (Å²) in [6.45, 7) is 0. The predicted octanol–water partition coefficient (Wildman–Crippen LogP) is 2.96. The first-order valence-electron chi connectivity index (χ1n) is 6.45. The van der Waals surface area contributed by atoms with Crippen molar-refractivity contribution in [1.29, 1.82) is 0 Å². The maximum atomic E-state index is 10.9. The topological polar surface area (TPSA) is 78.8 Å². The van der Waals surface area contributed by atoms with E-state index in [0.717, 1.165) is 12.8 Å². The number of anilines is 1. The molecular formula is C15H16N2O3S. The highest BCUT2D eigenvalue weighted by atomic mass is 32.2. The standard InChI is InChI=1S/C15H16N2O3S/c18-21(19,20)15-10-8-14(9-11-15)17-16-12-4-7-13-5-2-1-3-6-13/h1-3,5-6,8-12,17H,4,7H2,(H,18,19,20)/b16-12+. The van der Waals surface area contributed by atoms with Gasteiger partial charge < -0.3 is 0 Å². The Balaban J connectivity index is 1.81. The maximum Gasteiger partial charge on any atom is 0.294 e. The number of rotatable bonds is 6. The molecule has 110 valence electrons. The van der Waals surface area contributed by atoms with E-state index in [9.17, 15) is 8.42 Å². The van der Waals surface area contributed by atoms with Crippen molar-refractivity contribution in [2.75, 3.05) is 5.43 Å². The van der Waals surface area contributed by atoms with Crippen LogP contribution in [0.25, 0.3) is 0 Å². The van der Waals surface area contributed by atoms with Crippen molar-refractivity contribution < 1.29 is 13.0 Å². The van der Waals surface area contributed by atoms with Crippen molar-refractivity contribution in [3.8, 4) is 0 Å². The molecule has 2 aromatic rings. The Morgan fingerprint density at radius 3 is 2.33 bits per heavy atom. The Kier molecular flexibility index (Phi) is 5.08. The van der Waals surface area contributed by atoms with E-state index in [1.54, 1.807) is 6.21 Å². The number of nitrogens with one attached hydrogen (secondary N) is 1. The first kappa shape index (κ1) is 15.2. The van der Waals surface area contributed by atoms with Crippen molar-refractivity contribution in [1.82, 2.24) is 0 Å². The van der Waals surface area contributed by atoms with Crippen molar-refractivity contribution in [3.63, 3.8) is 0 Å². The molecule has 2 aromatic carbocycles. The van der Waals surface area contributed by atoms with Crippen LogP contribution in [0.1, 0.15) is 12.0 Å². The summed E-state index contributed by atoms with van der Waals surface area (Å²) in [5.41, 5.74) is 4.71. The van der Waals surface area contributed by atoms with Gasteiger partial charge in [-0.05, 0) is 42.7 Å². The summed E-state index contributed by atoms with van der Waals surface area (Å²) >= 11 is 0. The van der Waals surface area contributed by atoms with Crippen LogP contribution in [0.5, 0.6) is 0 Å². The lowest BCUT2D eigenvalue weighted by molar-refractivity contribution is 0.483. The van der Waals surface area contributed by atoms with Crippen LogP contribution in [0.2, 0.25) is 0 Å². The van der Waals surface area contributed by atoms with E-state index in [1.165, 1.54) is 29.8 Å². The Labute approximate surface area is 124 Å². The van der Waals surface area contributed by atoms with Crippen molar-refractivity contribution >= 4 is 22.0 Å². The molecule has 0 saturated heterocycles. The van der Waals surface area contributed by atoms with Gasteiger partial charge in [0, 0.05) is 6.21 Å². The Hall–Kier alpha value is -2.18. The smallest absolute Gasteiger partial charge is 0.282 e. The molecule has 0 heterocycles. The summed E-state index contributed by atoms with van der Waals surface area (Å²) in [4.78, 5) is -0.138. The molecule has 0 saturated carbocycles. The van der Waals surface area contributed by atoms with E-state index in [0.29, 0.717) is 5.69 Å². The molecule has 0 aliphatic carbocycles. The Morgan fingerprint density at radius 1 is 1.05 bits per heavy atom. The van der Waals surface area contributed by atoms with Crippen LogP contribution >= 0.6 is 0 Å². The Morgan fingerprint density at radius 2 is 1.71 bits per heavy atom. The van der Waals surface area contributed by atoms with Crippen molar-refractivity contribution in [2.45, 2.75) is 17.7 Å². The number of hydrazone groups is 1. The van der Waals surface area contributed by atoms with E-state index < -0.39 is 10.1 Å². The van der Waals surface area contributed by atoms with Crippen LogP contribution in [-0.4, -0.2) is 19.2 Å². The van der Waals surface area contributed by atoms with Gasteiger partial charge in [0.25, 0.3) is 10.1 Å². The molecule has 0 atom stereocenters. The molecule has 5 nitrogen and oxygen atoms in total. The van der Waals surface area contributed by atoms with Crippen molar-refractivity contribution in [3.05, 3.63) is 60.2 Å². The van der Waals surface area contributed by atoms with Gasteiger partial charge >= 0.3 is 0 Å². The molecule has 0 bridgehead atoms. The molecule has 2 N–H and O–H groups in total. The third-order valence-electron chi connectivity index (χ3n) is 2.84. The quantitative estimate of drug-likeness (QED) is 0.488. The SMILES string of the molecule is O=S(=O)(O)c1ccc(N/N=C/CCc2ccccc2)cc1. The number of benzene rings is 2. The van der Waals surface area contributed by atoms with Gasteiger partial charge in [-0.2, -0.15) is 13.5 Å². The van der Waals surface area contributed by atoms with Crippen LogP contribution in [0.15, 0.2) is 64.6 Å². The van der Waals surface area contributed by atoms with Gasteiger partial charge in [0.2, 0.25) is 0 Å². The van der Waals surface area contributed by atoms with Crippen LogP contribution in [0, 0.1) is 0 Å². The van der Waals surface area contributed by atoms with Crippen LogP contribution < -0.4 is 5.43 Å². The predicted molar refractivity (Wildman–Crippen MR) is 83.1 cm³/mol. The second-order valence-corrected chi connectivity index (χ2v) is 5.87. The van der Waals surface area contributed by atoms with E-state index >= 15 is 0 Å². The number of hydrogen-bond donors (Lipinski definition) is 2. The first-order chi connectivity index (χ1) is 10.1. The second kappa shape index (κ2) is 7.01. The minimum absolute atomic E-state index is 0.138. The fourth-order valence-corrected chi connectivity index (χ4v) is 2.24. The molecule has 21 heavy (non-hydrogen) atoms. The summed E-state index contributed by atoms with van der Waals surface area (Å²) in [5.74, 6) is 0. The molecule has 0 radical (unpaired) electrons. The molecular weight excluding hydrogens is 288 g/mol. The fraction of sp³-hybridized carbons (Fsp3) is 0.133. The lowest BCUT2D eigenvalue weighted by Crippen LogP contribution is -1.98. The summed E-state index contributed by atoms with van der Waals surface area (Å²) in [6.07, 6.45) is 3.48. The van der Waals surface area contributed by atoms with Crippen molar-refractivity contribution in [2.24, 2.45) is 5.10 Å². The molecule has 0 fully saturated rings. The molecule has 0 aromatic heterocycles. The van der Waals surface area contributed by atoms with Gasteiger partial charge in [-0.15, -0.1) is 0 Å². The monoisotopic (exact) mass is 304 g/mol. The first-order valence-corrected chi connectivity index (χ1v) is 7.89. The van der Waals surface area contributed by atoms with Gasteiger partial charge in [-0.1, -0.05) is 30.3 Å². The minimum atomic E-state index is -4.15. The van der Waals surface area contributed by atoms with Gasteiger partial charge in [0.1, 0.15) is 0 Å². The zero-order valence-electron chi connectivity index (χ0n) is 11.3. The van der Waals surface area contributed by atoms with E-state index in [2.05, 4.69) is 22.7 Å². The third-order valence-corrected chi connectivity index (χ3v) is 3.71. The normalized spacial score (nSPS) is 11.7. The van der Waals surface area contributed by atoms with E-state index in [-0.39, 0.29) is 4.90 Å². The molecule has 6 heteroatoms. The zero-order chi connectivity index (χ0) is 15.1. The maximum absolute atomic E-state index is 10.9. The lowest BCUT2D eigenvalue weighted by Gasteiger charge is -2.01. The molecule has 0 aliphatic heterocycles. The zero-order valence-corrected chi connectivity index (χ0v) is 12.1. The highest BCUT2D eigenvalue weighted by Crippen LogP contribution is 2.13. The van der Waals surface area contributed by atoms with E-state index in [4.69, 9.17) is 4.55 Å². The largest absolute Gasteiger partial charge is 0.294 e. The summed E-state index contributed by atoms with van der Waals surface area (Å²) < 4.78 is 30.6. The molecule has 0 aliphatic rings.